The fraction of sp³-hybridized carbons (Fsp3) is 0. The molecule has 0 aliphatic carbocycles. The van der Waals surface area contributed by atoms with Crippen LogP contribution in [0.25, 0.3) is 88.8 Å². The van der Waals surface area contributed by atoms with E-state index in [9.17, 15) is 0 Å². The van der Waals surface area contributed by atoms with Crippen LogP contribution in [0, 0.1) is 0 Å². The van der Waals surface area contributed by atoms with Crippen molar-refractivity contribution >= 4 is 43.6 Å². The second-order valence-corrected chi connectivity index (χ2v) is 12.7. The van der Waals surface area contributed by atoms with E-state index in [0.717, 1.165) is 39.2 Å². The van der Waals surface area contributed by atoms with Crippen molar-refractivity contribution in [1.82, 2.24) is 19.1 Å². The van der Waals surface area contributed by atoms with Crippen LogP contribution in [-0.4, -0.2) is 19.1 Å². The summed E-state index contributed by atoms with van der Waals surface area (Å²) in [5.74, 6) is 0.698. The Kier molecular flexibility index (Phi) is 6.46. The minimum absolute atomic E-state index is 0.698. The maximum atomic E-state index is 5.05. The van der Waals surface area contributed by atoms with E-state index in [1.807, 2.05) is 18.3 Å². The van der Waals surface area contributed by atoms with Crippen LogP contribution in [0.2, 0.25) is 0 Å². The molecule has 4 heteroatoms. The molecular weight excluding hydrogens is 609 g/mol. The van der Waals surface area contributed by atoms with Crippen LogP contribution in [0.3, 0.4) is 0 Å². The topological polar surface area (TPSA) is 35.6 Å². The van der Waals surface area contributed by atoms with Crippen LogP contribution >= 0.6 is 0 Å². The molecule has 0 N–H and O–H groups in total. The smallest absolute Gasteiger partial charge is 0.159 e. The van der Waals surface area contributed by atoms with Crippen LogP contribution in [0.15, 0.2) is 182 Å². The zero-order chi connectivity index (χ0) is 33.0. The average Bonchev–Trinajstić information content (AvgIpc) is 3.70. The molecule has 0 radical (unpaired) electrons. The average molecular weight is 639 g/mol. The van der Waals surface area contributed by atoms with Gasteiger partial charge in [-0.3, -0.25) is 0 Å². The minimum Gasteiger partial charge on any atom is -0.309 e. The minimum atomic E-state index is 0.698. The van der Waals surface area contributed by atoms with Crippen molar-refractivity contribution in [3.8, 4) is 45.1 Å². The number of fused-ring (bicyclic) bond motifs is 6. The van der Waals surface area contributed by atoms with Gasteiger partial charge in [0.1, 0.15) is 0 Å². The van der Waals surface area contributed by atoms with Crippen LogP contribution in [0.4, 0.5) is 0 Å². The molecule has 7 aromatic carbocycles. The van der Waals surface area contributed by atoms with E-state index in [1.54, 1.807) is 0 Å². The summed E-state index contributed by atoms with van der Waals surface area (Å²) in [6.45, 7) is 0. The van der Waals surface area contributed by atoms with E-state index >= 15 is 0 Å². The van der Waals surface area contributed by atoms with Crippen molar-refractivity contribution in [3.05, 3.63) is 182 Å². The highest BCUT2D eigenvalue weighted by Crippen LogP contribution is 2.40. The molecule has 50 heavy (non-hydrogen) atoms. The fourth-order valence-electron chi connectivity index (χ4n) is 7.47. The van der Waals surface area contributed by atoms with Gasteiger partial charge in [0.15, 0.2) is 5.82 Å². The summed E-state index contributed by atoms with van der Waals surface area (Å²) in [7, 11) is 0. The highest BCUT2D eigenvalue weighted by Gasteiger charge is 2.18. The Morgan fingerprint density at radius 1 is 0.340 bits per heavy atom. The molecule has 4 nitrogen and oxygen atoms in total. The van der Waals surface area contributed by atoms with Gasteiger partial charge in [-0.25, -0.2) is 9.97 Å². The van der Waals surface area contributed by atoms with Crippen LogP contribution in [0.5, 0.6) is 0 Å². The summed E-state index contributed by atoms with van der Waals surface area (Å²) >= 11 is 0. The summed E-state index contributed by atoms with van der Waals surface area (Å²) in [6, 6.07) is 62.4. The molecule has 0 fully saturated rings. The van der Waals surface area contributed by atoms with Gasteiger partial charge in [0, 0.05) is 50.2 Å². The van der Waals surface area contributed by atoms with Gasteiger partial charge >= 0.3 is 0 Å². The molecule has 0 aliphatic heterocycles. The fourth-order valence-corrected chi connectivity index (χ4v) is 7.47. The number of nitrogens with zero attached hydrogens (tertiary/aromatic N) is 4. The predicted molar refractivity (Wildman–Crippen MR) is 207 cm³/mol. The van der Waals surface area contributed by atoms with E-state index < -0.39 is 0 Å². The summed E-state index contributed by atoms with van der Waals surface area (Å²) < 4.78 is 4.76. The lowest BCUT2D eigenvalue weighted by molar-refractivity contribution is 1.15. The summed E-state index contributed by atoms with van der Waals surface area (Å²) in [5, 5.41) is 4.95. The number of hydrogen-bond donors (Lipinski definition) is 0. The van der Waals surface area contributed by atoms with Crippen molar-refractivity contribution in [1.29, 1.82) is 0 Å². The third-order valence-corrected chi connectivity index (χ3v) is 9.79. The molecule has 0 aliphatic rings. The van der Waals surface area contributed by atoms with Crippen molar-refractivity contribution in [2.24, 2.45) is 0 Å². The van der Waals surface area contributed by atoms with E-state index in [-0.39, 0.29) is 0 Å². The second-order valence-electron chi connectivity index (χ2n) is 12.7. The predicted octanol–water partition coefficient (Wildman–Crippen LogP) is 11.7. The van der Waals surface area contributed by atoms with Gasteiger partial charge in [-0.2, -0.15) is 0 Å². The normalized spacial score (nSPS) is 11.6. The molecule has 0 spiro atoms. The lowest BCUT2D eigenvalue weighted by Crippen LogP contribution is -1.97. The van der Waals surface area contributed by atoms with E-state index in [2.05, 4.69) is 173 Å². The Hall–Kier alpha value is -6.78. The van der Waals surface area contributed by atoms with E-state index in [4.69, 9.17) is 9.97 Å². The first-order chi connectivity index (χ1) is 24.8. The van der Waals surface area contributed by atoms with Crippen LogP contribution in [-0.2, 0) is 0 Å². The molecule has 0 atom stereocenters. The quantitative estimate of drug-likeness (QED) is 0.188. The summed E-state index contributed by atoms with van der Waals surface area (Å²) in [5.41, 5.74) is 12.2. The van der Waals surface area contributed by atoms with Gasteiger partial charge < -0.3 is 9.13 Å². The first-order valence-electron chi connectivity index (χ1n) is 16.9. The second kappa shape index (κ2) is 11.4. The van der Waals surface area contributed by atoms with Gasteiger partial charge in [0.2, 0.25) is 0 Å². The van der Waals surface area contributed by atoms with Gasteiger partial charge in [-0.15, -0.1) is 0 Å². The Labute approximate surface area is 289 Å². The third kappa shape index (κ3) is 4.54. The standard InChI is InChI=1S/C46H30N4/c1-3-12-31(13-4-1)32-22-24-33(25-23-32)41-26-27-47-46(48-41)34-14-11-17-36(28-34)50-43-21-10-8-19-38(43)40-29-39-37-18-7-9-20-42(37)49(44(39)30-45(40)50)35-15-5-2-6-16-35/h1-30H. The molecule has 0 unspecified atom stereocenters. The first-order valence-corrected chi connectivity index (χ1v) is 16.9. The Balaban J connectivity index is 1.13. The van der Waals surface area contributed by atoms with E-state index in [1.165, 1.54) is 43.7 Å². The monoisotopic (exact) mass is 638 g/mol. The Morgan fingerprint density at radius 3 is 1.58 bits per heavy atom. The van der Waals surface area contributed by atoms with Crippen LogP contribution in [0.1, 0.15) is 0 Å². The maximum Gasteiger partial charge on any atom is 0.159 e. The molecule has 0 saturated heterocycles. The molecule has 0 saturated carbocycles. The highest BCUT2D eigenvalue weighted by molar-refractivity contribution is 6.19. The lowest BCUT2D eigenvalue weighted by Gasteiger charge is -2.11. The number of para-hydroxylation sites is 3. The number of benzene rings is 7. The molecule has 234 valence electrons. The Morgan fingerprint density at radius 2 is 0.880 bits per heavy atom. The van der Waals surface area contributed by atoms with Gasteiger partial charge in [-0.05, 0) is 65.7 Å². The lowest BCUT2D eigenvalue weighted by atomic mass is 10.0. The van der Waals surface area contributed by atoms with Crippen LogP contribution < -0.4 is 0 Å². The molecule has 0 amide bonds. The maximum absolute atomic E-state index is 5.05. The van der Waals surface area contributed by atoms with Gasteiger partial charge in [0.25, 0.3) is 0 Å². The molecule has 10 aromatic rings. The highest BCUT2D eigenvalue weighted by atomic mass is 15.0. The van der Waals surface area contributed by atoms with E-state index in [0.29, 0.717) is 5.82 Å². The van der Waals surface area contributed by atoms with Crippen molar-refractivity contribution in [3.63, 3.8) is 0 Å². The molecule has 0 bridgehead atoms. The number of hydrogen-bond acceptors (Lipinski definition) is 2. The molecule has 3 heterocycles. The zero-order valence-electron chi connectivity index (χ0n) is 27.1. The largest absolute Gasteiger partial charge is 0.309 e. The SMILES string of the molecule is c1ccc(-c2ccc(-c3ccnc(-c4cccc(-n5c6ccccc6c6cc7c8ccccc8n(-c8ccccc8)c7cc65)c4)n3)cc2)cc1. The summed E-state index contributed by atoms with van der Waals surface area (Å²) in [4.78, 5) is 9.78. The number of rotatable bonds is 5. The molecule has 3 aromatic heterocycles. The summed E-state index contributed by atoms with van der Waals surface area (Å²) in [6.07, 6.45) is 1.86. The number of aromatic nitrogens is 4. The molecule has 10 rings (SSSR count). The van der Waals surface area contributed by atoms with Crippen molar-refractivity contribution in [2.45, 2.75) is 0 Å². The van der Waals surface area contributed by atoms with Gasteiger partial charge in [-0.1, -0.05) is 121 Å². The van der Waals surface area contributed by atoms with Gasteiger partial charge in [0.05, 0.1) is 27.8 Å². The third-order valence-electron chi connectivity index (χ3n) is 9.79. The first kappa shape index (κ1) is 28.3. The van der Waals surface area contributed by atoms with Crippen molar-refractivity contribution < 1.29 is 0 Å². The zero-order valence-corrected chi connectivity index (χ0v) is 27.1. The Bertz CT molecular complexity index is 2850. The van der Waals surface area contributed by atoms with Crippen molar-refractivity contribution in [2.75, 3.05) is 0 Å². The molecular formula is C46H30N4.